The Labute approximate surface area is 244 Å². The number of nitrogens with one attached hydrogen (secondary N) is 2. The van der Waals surface area contributed by atoms with Crippen LogP contribution in [-0.2, 0) is 22.4 Å². The normalized spacial score (nSPS) is 12.3. The fourth-order valence-electron chi connectivity index (χ4n) is 4.54. The van der Waals surface area contributed by atoms with Gasteiger partial charge in [0, 0.05) is 37.6 Å². The molecule has 2 aromatic heterocycles. The standard InChI is InChI=1S/C30H39F3N6O3/c1-3-22-12-13-24(37-27(22)34-2)11-7-8-15-39(17-18-42-20-30(31,32)33)16-14-26(29(40)41)38-28-25(19-35-21-36-28)23-9-5-4-6-10-23/h4-6,9-10,12-13,19,21,26H,3,7-8,11,14-18,20H2,1-2H3,(H,34,37)(H,40,41)(H,35,36,38). The number of carboxylic acid groups (broad SMARTS) is 1. The number of anilines is 2. The van der Waals surface area contributed by atoms with E-state index in [1.807, 2.05) is 48.3 Å². The second-order valence-electron chi connectivity index (χ2n) is 9.86. The highest BCUT2D eigenvalue weighted by Crippen LogP contribution is 2.25. The van der Waals surface area contributed by atoms with E-state index in [1.54, 1.807) is 6.20 Å². The largest absolute Gasteiger partial charge is 0.480 e. The van der Waals surface area contributed by atoms with Crippen molar-refractivity contribution in [2.45, 2.75) is 51.2 Å². The van der Waals surface area contributed by atoms with E-state index >= 15 is 0 Å². The van der Waals surface area contributed by atoms with Crippen molar-refractivity contribution in [1.82, 2.24) is 19.9 Å². The van der Waals surface area contributed by atoms with Gasteiger partial charge in [0.1, 0.15) is 30.6 Å². The van der Waals surface area contributed by atoms with Crippen LogP contribution in [0.4, 0.5) is 24.8 Å². The monoisotopic (exact) mass is 588 g/mol. The molecule has 1 aromatic carbocycles. The van der Waals surface area contributed by atoms with E-state index in [0.29, 0.717) is 24.5 Å². The molecular weight excluding hydrogens is 549 g/mol. The minimum Gasteiger partial charge on any atom is -0.480 e. The number of hydrogen-bond donors (Lipinski definition) is 3. The molecule has 0 amide bonds. The summed E-state index contributed by atoms with van der Waals surface area (Å²) in [7, 11) is 1.84. The van der Waals surface area contributed by atoms with Crippen LogP contribution in [0.2, 0.25) is 0 Å². The highest BCUT2D eigenvalue weighted by molar-refractivity contribution is 5.81. The summed E-state index contributed by atoms with van der Waals surface area (Å²) in [6, 6.07) is 12.5. The summed E-state index contributed by atoms with van der Waals surface area (Å²) < 4.78 is 42.5. The van der Waals surface area contributed by atoms with Gasteiger partial charge in [-0.3, -0.25) is 0 Å². The average Bonchev–Trinajstić information content (AvgIpc) is 2.98. The molecule has 0 saturated heterocycles. The quantitative estimate of drug-likeness (QED) is 0.170. The maximum Gasteiger partial charge on any atom is 0.411 e. The summed E-state index contributed by atoms with van der Waals surface area (Å²) in [5.41, 5.74) is 3.62. The van der Waals surface area contributed by atoms with E-state index in [-0.39, 0.29) is 19.6 Å². The number of carboxylic acids is 1. The second-order valence-corrected chi connectivity index (χ2v) is 9.86. The van der Waals surface area contributed by atoms with Crippen molar-refractivity contribution in [3.63, 3.8) is 0 Å². The second kappa shape index (κ2) is 16.6. The highest BCUT2D eigenvalue weighted by Gasteiger charge is 2.27. The zero-order chi connectivity index (χ0) is 30.4. The Bertz CT molecular complexity index is 1250. The Balaban J connectivity index is 1.61. The van der Waals surface area contributed by atoms with E-state index in [2.05, 4.69) is 38.6 Å². The van der Waals surface area contributed by atoms with Gasteiger partial charge in [-0.2, -0.15) is 13.2 Å². The summed E-state index contributed by atoms with van der Waals surface area (Å²) in [4.78, 5) is 27.1. The number of aryl methyl sites for hydroxylation is 2. The van der Waals surface area contributed by atoms with E-state index in [9.17, 15) is 23.1 Å². The minimum absolute atomic E-state index is 0.111. The number of aliphatic carboxylic acids is 1. The Morgan fingerprint density at radius 1 is 1.07 bits per heavy atom. The van der Waals surface area contributed by atoms with Crippen LogP contribution in [0.25, 0.3) is 11.1 Å². The molecule has 1 unspecified atom stereocenters. The molecule has 3 rings (SSSR count). The van der Waals surface area contributed by atoms with Crippen molar-refractivity contribution in [2.75, 3.05) is 50.5 Å². The lowest BCUT2D eigenvalue weighted by atomic mass is 10.1. The number of unbranched alkanes of at least 4 members (excludes halogenated alkanes) is 1. The molecule has 2 heterocycles. The van der Waals surface area contributed by atoms with Crippen LogP contribution in [-0.4, -0.2) is 83.0 Å². The van der Waals surface area contributed by atoms with Crippen molar-refractivity contribution in [2.24, 2.45) is 0 Å². The summed E-state index contributed by atoms with van der Waals surface area (Å²) in [6.45, 7) is 1.82. The number of carbonyl (C=O) groups is 1. The topological polar surface area (TPSA) is 112 Å². The van der Waals surface area contributed by atoms with Gasteiger partial charge >= 0.3 is 12.1 Å². The van der Waals surface area contributed by atoms with Gasteiger partial charge < -0.3 is 25.4 Å². The third-order valence-corrected chi connectivity index (χ3v) is 6.77. The molecule has 0 aliphatic rings. The van der Waals surface area contributed by atoms with Crippen LogP contribution >= 0.6 is 0 Å². The maximum absolute atomic E-state index is 12.6. The molecule has 0 fully saturated rings. The Hall–Kier alpha value is -3.77. The average molecular weight is 589 g/mol. The first-order valence-corrected chi connectivity index (χ1v) is 14.1. The number of pyridine rings is 1. The first kappa shape index (κ1) is 32.7. The van der Waals surface area contributed by atoms with E-state index < -0.39 is 24.8 Å². The lowest BCUT2D eigenvalue weighted by Gasteiger charge is -2.25. The smallest absolute Gasteiger partial charge is 0.411 e. The number of nitrogens with zero attached hydrogens (tertiary/aromatic N) is 4. The number of rotatable bonds is 18. The first-order chi connectivity index (χ1) is 20.2. The van der Waals surface area contributed by atoms with Crippen LogP contribution in [0.1, 0.15) is 37.4 Å². The van der Waals surface area contributed by atoms with Crippen molar-refractivity contribution < 1.29 is 27.8 Å². The molecule has 3 N–H and O–H groups in total. The lowest BCUT2D eigenvalue weighted by molar-refractivity contribution is -0.174. The molecule has 228 valence electrons. The zero-order valence-electron chi connectivity index (χ0n) is 24.0. The molecule has 0 saturated carbocycles. The summed E-state index contributed by atoms with van der Waals surface area (Å²) in [5, 5.41) is 16.1. The molecule has 0 radical (unpaired) electrons. The van der Waals surface area contributed by atoms with Crippen molar-refractivity contribution in [3.05, 3.63) is 66.2 Å². The zero-order valence-corrected chi connectivity index (χ0v) is 24.0. The minimum atomic E-state index is -4.40. The fourth-order valence-corrected chi connectivity index (χ4v) is 4.54. The van der Waals surface area contributed by atoms with Crippen molar-refractivity contribution in [1.29, 1.82) is 0 Å². The molecule has 0 aliphatic carbocycles. The van der Waals surface area contributed by atoms with Crippen LogP contribution in [0.15, 0.2) is 55.0 Å². The van der Waals surface area contributed by atoms with E-state index in [0.717, 1.165) is 48.3 Å². The van der Waals surface area contributed by atoms with E-state index in [1.165, 1.54) is 6.33 Å². The number of hydrogen-bond acceptors (Lipinski definition) is 8. The Kier molecular flexibility index (Phi) is 13.0. The molecule has 0 aliphatic heterocycles. The van der Waals surface area contributed by atoms with Crippen molar-refractivity contribution >= 4 is 17.6 Å². The predicted molar refractivity (Wildman–Crippen MR) is 157 cm³/mol. The van der Waals surface area contributed by atoms with E-state index in [4.69, 9.17) is 4.74 Å². The van der Waals surface area contributed by atoms with Crippen LogP contribution in [0, 0.1) is 0 Å². The number of halogens is 3. The summed E-state index contributed by atoms with van der Waals surface area (Å²) in [5.74, 6) is 0.207. The van der Waals surface area contributed by atoms with Crippen molar-refractivity contribution in [3.8, 4) is 11.1 Å². The molecule has 42 heavy (non-hydrogen) atoms. The van der Waals surface area contributed by atoms with Gasteiger partial charge in [0.25, 0.3) is 0 Å². The number of alkyl halides is 3. The third kappa shape index (κ3) is 10.9. The van der Waals surface area contributed by atoms with Gasteiger partial charge in [0.2, 0.25) is 0 Å². The molecule has 0 spiro atoms. The molecule has 12 heteroatoms. The summed E-state index contributed by atoms with van der Waals surface area (Å²) in [6.07, 6.45) is 2.00. The SMILES string of the molecule is CCc1ccc(CCCCN(CCOCC(F)(F)F)CCC(Nc2ncncc2-c2ccccc2)C(=O)O)nc1NC. The van der Waals surface area contributed by atoms with Gasteiger partial charge in [0.15, 0.2) is 0 Å². The number of benzene rings is 1. The van der Waals surface area contributed by atoms with Crippen LogP contribution < -0.4 is 10.6 Å². The predicted octanol–water partition coefficient (Wildman–Crippen LogP) is 5.30. The van der Waals surface area contributed by atoms with Crippen LogP contribution in [0.5, 0.6) is 0 Å². The first-order valence-electron chi connectivity index (χ1n) is 14.1. The molecule has 0 bridgehead atoms. The molecule has 9 nitrogen and oxygen atoms in total. The van der Waals surface area contributed by atoms with Crippen LogP contribution in [0.3, 0.4) is 0 Å². The van der Waals surface area contributed by atoms with Gasteiger partial charge in [-0.05, 0) is 55.8 Å². The fraction of sp³-hybridized carbons (Fsp3) is 0.467. The Morgan fingerprint density at radius 2 is 1.86 bits per heavy atom. The summed E-state index contributed by atoms with van der Waals surface area (Å²) >= 11 is 0. The molecule has 1 atom stereocenters. The highest BCUT2D eigenvalue weighted by atomic mass is 19.4. The van der Waals surface area contributed by atoms with Gasteiger partial charge in [-0.15, -0.1) is 0 Å². The molecule has 3 aromatic rings. The lowest BCUT2D eigenvalue weighted by Crippen LogP contribution is -2.37. The van der Waals surface area contributed by atoms with Gasteiger partial charge in [-0.1, -0.05) is 43.3 Å². The number of aromatic nitrogens is 3. The number of ether oxygens (including phenoxy) is 1. The maximum atomic E-state index is 12.6. The Morgan fingerprint density at radius 3 is 2.55 bits per heavy atom. The van der Waals surface area contributed by atoms with Gasteiger partial charge in [0.05, 0.1) is 6.61 Å². The molecular formula is C30H39F3N6O3. The third-order valence-electron chi connectivity index (χ3n) is 6.77. The van der Waals surface area contributed by atoms with Gasteiger partial charge in [-0.25, -0.2) is 19.7 Å².